The van der Waals surface area contributed by atoms with E-state index in [-0.39, 0.29) is 5.79 Å². The molecule has 0 N–H and O–H groups in total. The second-order valence-corrected chi connectivity index (χ2v) is 4.56. The monoisotopic (exact) mass is 184 g/mol. The molecular weight excluding hydrogens is 164 g/mol. The first-order chi connectivity index (χ1) is 6.20. The highest BCUT2D eigenvalue weighted by Gasteiger charge is 2.40. The first kappa shape index (κ1) is 9.47. The second kappa shape index (κ2) is 3.58. The van der Waals surface area contributed by atoms with Crippen LogP contribution in [0.15, 0.2) is 0 Å². The van der Waals surface area contributed by atoms with Crippen molar-refractivity contribution in [3.63, 3.8) is 0 Å². The highest BCUT2D eigenvalue weighted by atomic mass is 16.7. The van der Waals surface area contributed by atoms with E-state index in [0.717, 1.165) is 19.3 Å². The summed E-state index contributed by atoms with van der Waals surface area (Å²) in [5.74, 6) is -0.199. The number of rotatable bonds is 0. The van der Waals surface area contributed by atoms with Crippen LogP contribution in [0.2, 0.25) is 0 Å². The molecule has 2 aliphatic rings. The van der Waals surface area contributed by atoms with E-state index in [2.05, 4.69) is 13.8 Å². The molecule has 13 heavy (non-hydrogen) atoms. The van der Waals surface area contributed by atoms with Gasteiger partial charge in [0.25, 0.3) is 0 Å². The van der Waals surface area contributed by atoms with Gasteiger partial charge >= 0.3 is 0 Å². The highest BCUT2D eigenvalue weighted by molar-refractivity contribution is 4.81. The Morgan fingerprint density at radius 2 is 1.46 bits per heavy atom. The first-order valence-electron chi connectivity index (χ1n) is 5.56. The summed E-state index contributed by atoms with van der Waals surface area (Å²) in [6.07, 6.45) is 7.87. The lowest BCUT2D eigenvalue weighted by molar-refractivity contribution is -0.322. The number of hydrogen-bond donors (Lipinski definition) is 0. The van der Waals surface area contributed by atoms with Crippen LogP contribution in [0.1, 0.15) is 52.4 Å². The molecule has 0 radical (unpaired) electrons. The lowest BCUT2D eigenvalue weighted by atomic mass is 9.92. The molecule has 0 aromatic heterocycles. The highest BCUT2D eigenvalue weighted by Crippen LogP contribution is 2.38. The maximum atomic E-state index is 5.96. The SMILES string of the molecule is CC1CC(C)OC2(CCCCC2)O1. The largest absolute Gasteiger partial charge is 0.347 e. The number of ether oxygens (including phenoxy) is 2. The molecule has 2 nitrogen and oxygen atoms in total. The van der Waals surface area contributed by atoms with Crippen LogP contribution in [0.3, 0.4) is 0 Å². The van der Waals surface area contributed by atoms with Gasteiger partial charge in [0.2, 0.25) is 0 Å². The molecule has 2 unspecified atom stereocenters. The van der Waals surface area contributed by atoms with Crippen molar-refractivity contribution in [1.82, 2.24) is 0 Å². The zero-order chi connectivity index (χ0) is 9.31. The Balaban J connectivity index is 2.02. The molecule has 1 spiro atoms. The lowest BCUT2D eigenvalue weighted by Crippen LogP contribution is -2.48. The minimum atomic E-state index is -0.199. The van der Waals surface area contributed by atoms with Crippen LogP contribution < -0.4 is 0 Å². The Bertz CT molecular complexity index is 161. The summed E-state index contributed by atoms with van der Waals surface area (Å²) in [5, 5.41) is 0. The van der Waals surface area contributed by atoms with Gasteiger partial charge < -0.3 is 9.47 Å². The minimum absolute atomic E-state index is 0.199. The van der Waals surface area contributed by atoms with Crippen LogP contribution in [0, 0.1) is 0 Å². The van der Waals surface area contributed by atoms with Gasteiger partial charge in [-0.1, -0.05) is 6.42 Å². The van der Waals surface area contributed by atoms with Crippen molar-refractivity contribution >= 4 is 0 Å². The lowest BCUT2D eigenvalue weighted by Gasteiger charge is -2.45. The van der Waals surface area contributed by atoms with E-state index in [1.807, 2.05) is 0 Å². The van der Waals surface area contributed by atoms with Crippen molar-refractivity contribution in [2.24, 2.45) is 0 Å². The molecule has 1 saturated heterocycles. The summed E-state index contributed by atoms with van der Waals surface area (Å²) in [4.78, 5) is 0. The number of hydrogen-bond acceptors (Lipinski definition) is 2. The summed E-state index contributed by atoms with van der Waals surface area (Å²) in [7, 11) is 0. The zero-order valence-corrected chi connectivity index (χ0v) is 8.71. The quantitative estimate of drug-likeness (QED) is 0.576. The molecule has 1 saturated carbocycles. The van der Waals surface area contributed by atoms with Crippen LogP contribution in [-0.4, -0.2) is 18.0 Å². The van der Waals surface area contributed by atoms with Gasteiger partial charge in [-0.05, 0) is 33.1 Å². The molecule has 0 bridgehead atoms. The maximum absolute atomic E-state index is 5.96. The Kier molecular flexibility index (Phi) is 2.61. The molecule has 76 valence electrons. The summed E-state index contributed by atoms with van der Waals surface area (Å²) < 4.78 is 11.9. The third-order valence-electron chi connectivity index (χ3n) is 3.11. The van der Waals surface area contributed by atoms with Gasteiger partial charge in [0.05, 0.1) is 12.2 Å². The molecule has 0 aromatic carbocycles. The van der Waals surface area contributed by atoms with E-state index < -0.39 is 0 Å². The second-order valence-electron chi connectivity index (χ2n) is 4.56. The molecule has 1 aliphatic heterocycles. The Hall–Kier alpha value is -0.0800. The molecule has 0 amide bonds. The minimum Gasteiger partial charge on any atom is -0.347 e. The van der Waals surface area contributed by atoms with Crippen LogP contribution in [0.4, 0.5) is 0 Å². The van der Waals surface area contributed by atoms with Crippen molar-refractivity contribution in [3.05, 3.63) is 0 Å². The average Bonchev–Trinajstić information content (AvgIpc) is 2.02. The van der Waals surface area contributed by atoms with Crippen LogP contribution in [0.5, 0.6) is 0 Å². The van der Waals surface area contributed by atoms with Gasteiger partial charge in [-0.15, -0.1) is 0 Å². The average molecular weight is 184 g/mol. The third-order valence-corrected chi connectivity index (χ3v) is 3.11. The Morgan fingerprint density at radius 1 is 0.923 bits per heavy atom. The van der Waals surface area contributed by atoms with Gasteiger partial charge in [0, 0.05) is 12.8 Å². The standard InChI is InChI=1S/C11H20O2/c1-9-8-10(2)13-11(12-9)6-4-3-5-7-11/h9-10H,3-8H2,1-2H3. The van der Waals surface area contributed by atoms with Gasteiger partial charge in [-0.3, -0.25) is 0 Å². The molecule has 1 aliphatic carbocycles. The van der Waals surface area contributed by atoms with Gasteiger partial charge in [-0.2, -0.15) is 0 Å². The summed E-state index contributed by atoms with van der Waals surface area (Å²) in [6.45, 7) is 4.32. The van der Waals surface area contributed by atoms with Crippen LogP contribution >= 0.6 is 0 Å². The smallest absolute Gasteiger partial charge is 0.168 e. The van der Waals surface area contributed by atoms with Crippen molar-refractivity contribution in [1.29, 1.82) is 0 Å². The molecule has 2 rings (SSSR count). The predicted molar refractivity (Wildman–Crippen MR) is 51.5 cm³/mol. The van der Waals surface area contributed by atoms with Crippen molar-refractivity contribution in [3.8, 4) is 0 Å². The van der Waals surface area contributed by atoms with Crippen molar-refractivity contribution in [2.75, 3.05) is 0 Å². The molecule has 2 atom stereocenters. The van der Waals surface area contributed by atoms with Gasteiger partial charge in [0.15, 0.2) is 5.79 Å². The fourth-order valence-electron chi connectivity index (χ4n) is 2.65. The predicted octanol–water partition coefficient (Wildman–Crippen LogP) is 2.86. The van der Waals surface area contributed by atoms with E-state index >= 15 is 0 Å². The third kappa shape index (κ3) is 2.05. The maximum Gasteiger partial charge on any atom is 0.168 e. The van der Waals surface area contributed by atoms with E-state index in [0.29, 0.717) is 12.2 Å². The van der Waals surface area contributed by atoms with Crippen molar-refractivity contribution in [2.45, 2.75) is 70.4 Å². The van der Waals surface area contributed by atoms with Crippen LogP contribution in [0.25, 0.3) is 0 Å². The van der Waals surface area contributed by atoms with Crippen LogP contribution in [-0.2, 0) is 9.47 Å². The fraction of sp³-hybridized carbons (Fsp3) is 1.00. The summed E-state index contributed by atoms with van der Waals surface area (Å²) in [6, 6.07) is 0. The van der Waals surface area contributed by atoms with E-state index in [1.54, 1.807) is 0 Å². The zero-order valence-electron chi connectivity index (χ0n) is 8.71. The molecule has 2 fully saturated rings. The molecule has 2 heteroatoms. The first-order valence-corrected chi connectivity index (χ1v) is 5.56. The summed E-state index contributed by atoms with van der Waals surface area (Å²) >= 11 is 0. The van der Waals surface area contributed by atoms with E-state index in [4.69, 9.17) is 9.47 Å². The van der Waals surface area contributed by atoms with Gasteiger partial charge in [-0.25, -0.2) is 0 Å². The van der Waals surface area contributed by atoms with Crippen molar-refractivity contribution < 1.29 is 9.47 Å². The molecule has 1 heterocycles. The van der Waals surface area contributed by atoms with E-state index in [9.17, 15) is 0 Å². The molecular formula is C11H20O2. The normalized spacial score (nSPS) is 39.2. The van der Waals surface area contributed by atoms with Gasteiger partial charge in [0.1, 0.15) is 0 Å². The summed E-state index contributed by atoms with van der Waals surface area (Å²) in [5.41, 5.74) is 0. The Labute approximate surface area is 80.6 Å². The Morgan fingerprint density at radius 3 is 2.00 bits per heavy atom. The topological polar surface area (TPSA) is 18.5 Å². The van der Waals surface area contributed by atoms with E-state index in [1.165, 1.54) is 19.3 Å². The molecule has 0 aromatic rings. The fourth-order valence-corrected chi connectivity index (χ4v) is 2.65.